The molecular formula is C9H11NO4S. The number of carboxylic acid groups (broad SMARTS) is 1. The molecule has 0 aromatic heterocycles. The van der Waals surface area contributed by atoms with Gasteiger partial charge in [-0.1, -0.05) is 11.6 Å². The van der Waals surface area contributed by atoms with E-state index in [1.54, 1.807) is 13.0 Å². The van der Waals surface area contributed by atoms with Gasteiger partial charge in [0.2, 0.25) is 10.0 Å². The van der Waals surface area contributed by atoms with E-state index >= 15 is 0 Å². The smallest absolute Gasteiger partial charge is 0.337 e. The standard InChI is InChI=1S/C9H11NO4S/c1-6-3-4-8(15(13,14)10-2)7(5-6)9(11)12/h3-5,10H,1-2H3,(H,11,12). The Morgan fingerprint density at radius 3 is 2.47 bits per heavy atom. The number of hydrogen-bond acceptors (Lipinski definition) is 3. The molecule has 1 rings (SSSR count). The van der Waals surface area contributed by atoms with Gasteiger partial charge in [0.25, 0.3) is 0 Å². The lowest BCUT2D eigenvalue weighted by Gasteiger charge is -2.06. The van der Waals surface area contributed by atoms with E-state index in [1.807, 2.05) is 0 Å². The summed E-state index contributed by atoms with van der Waals surface area (Å²) in [5.74, 6) is -1.26. The molecule has 6 heteroatoms. The maximum Gasteiger partial charge on any atom is 0.337 e. The number of benzene rings is 1. The zero-order valence-corrected chi connectivity index (χ0v) is 9.13. The number of sulfonamides is 1. The van der Waals surface area contributed by atoms with Crippen LogP contribution in [-0.2, 0) is 10.0 Å². The van der Waals surface area contributed by atoms with Crippen LogP contribution in [-0.4, -0.2) is 26.5 Å². The zero-order valence-electron chi connectivity index (χ0n) is 8.31. The van der Waals surface area contributed by atoms with Crippen molar-refractivity contribution >= 4 is 16.0 Å². The average molecular weight is 229 g/mol. The van der Waals surface area contributed by atoms with E-state index in [9.17, 15) is 13.2 Å². The first-order valence-corrected chi connectivity index (χ1v) is 5.64. The van der Waals surface area contributed by atoms with Crippen molar-refractivity contribution in [3.05, 3.63) is 29.3 Å². The Bertz CT molecular complexity index is 493. The van der Waals surface area contributed by atoms with Gasteiger partial charge in [0.1, 0.15) is 0 Å². The number of carboxylic acids is 1. The van der Waals surface area contributed by atoms with Crippen LogP contribution in [0.25, 0.3) is 0 Å². The average Bonchev–Trinajstić information content (AvgIpc) is 2.17. The molecule has 82 valence electrons. The molecule has 2 N–H and O–H groups in total. The molecule has 0 heterocycles. The number of aromatic carboxylic acids is 1. The molecule has 0 aliphatic rings. The molecule has 0 saturated heterocycles. The summed E-state index contributed by atoms with van der Waals surface area (Å²) < 4.78 is 25.0. The molecule has 0 unspecified atom stereocenters. The van der Waals surface area contributed by atoms with Crippen molar-refractivity contribution in [2.75, 3.05) is 7.05 Å². The Hall–Kier alpha value is -1.40. The maximum atomic E-state index is 11.5. The van der Waals surface area contributed by atoms with E-state index in [2.05, 4.69) is 4.72 Å². The SMILES string of the molecule is CNS(=O)(=O)c1ccc(C)cc1C(=O)O. The molecule has 0 amide bonds. The van der Waals surface area contributed by atoms with Crippen molar-refractivity contribution < 1.29 is 18.3 Å². The second-order valence-electron chi connectivity index (χ2n) is 3.01. The Kier molecular flexibility index (Phi) is 3.11. The first-order chi connectivity index (χ1) is 6.88. The normalized spacial score (nSPS) is 11.3. The number of nitrogens with one attached hydrogen (secondary N) is 1. The fourth-order valence-electron chi connectivity index (χ4n) is 1.16. The first kappa shape index (κ1) is 11.7. The highest BCUT2D eigenvalue weighted by molar-refractivity contribution is 7.89. The molecule has 0 atom stereocenters. The van der Waals surface area contributed by atoms with Gasteiger partial charge in [0, 0.05) is 0 Å². The summed E-state index contributed by atoms with van der Waals surface area (Å²) in [5, 5.41) is 8.86. The van der Waals surface area contributed by atoms with Crippen LogP contribution in [0, 0.1) is 6.92 Å². The summed E-state index contributed by atoms with van der Waals surface area (Å²) in [6.07, 6.45) is 0. The van der Waals surface area contributed by atoms with Crippen molar-refractivity contribution in [3.8, 4) is 0 Å². The highest BCUT2D eigenvalue weighted by atomic mass is 32.2. The lowest BCUT2D eigenvalue weighted by Crippen LogP contribution is -2.21. The summed E-state index contributed by atoms with van der Waals surface area (Å²) in [6, 6.07) is 4.16. The molecule has 0 spiro atoms. The summed E-state index contributed by atoms with van der Waals surface area (Å²) in [6.45, 7) is 1.70. The first-order valence-electron chi connectivity index (χ1n) is 4.16. The monoisotopic (exact) mass is 229 g/mol. The van der Waals surface area contributed by atoms with Crippen LogP contribution in [0.4, 0.5) is 0 Å². The summed E-state index contributed by atoms with van der Waals surface area (Å²) in [5.41, 5.74) is 0.479. The fraction of sp³-hybridized carbons (Fsp3) is 0.222. The Labute approximate surface area is 87.8 Å². The maximum absolute atomic E-state index is 11.5. The third kappa shape index (κ3) is 2.34. The lowest BCUT2D eigenvalue weighted by atomic mass is 10.1. The molecular weight excluding hydrogens is 218 g/mol. The van der Waals surface area contributed by atoms with Gasteiger partial charge in [0.15, 0.2) is 0 Å². The van der Waals surface area contributed by atoms with Gasteiger partial charge >= 0.3 is 5.97 Å². The van der Waals surface area contributed by atoms with Gasteiger partial charge < -0.3 is 5.11 Å². The van der Waals surface area contributed by atoms with Crippen molar-refractivity contribution in [2.45, 2.75) is 11.8 Å². The Balaban J connectivity index is 3.49. The van der Waals surface area contributed by atoms with Crippen molar-refractivity contribution in [2.24, 2.45) is 0 Å². The van der Waals surface area contributed by atoms with Crippen LogP contribution in [0.15, 0.2) is 23.1 Å². The van der Waals surface area contributed by atoms with E-state index in [4.69, 9.17) is 5.11 Å². The van der Waals surface area contributed by atoms with E-state index in [-0.39, 0.29) is 10.5 Å². The predicted octanol–water partition coefficient (Wildman–Crippen LogP) is 0.601. The number of hydrogen-bond donors (Lipinski definition) is 2. The predicted molar refractivity (Wildman–Crippen MR) is 54.4 cm³/mol. The highest BCUT2D eigenvalue weighted by Crippen LogP contribution is 2.16. The Morgan fingerprint density at radius 2 is 2.00 bits per heavy atom. The minimum absolute atomic E-state index is 0.218. The second kappa shape index (κ2) is 4.00. The third-order valence-corrected chi connectivity index (χ3v) is 3.40. The highest BCUT2D eigenvalue weighted by Gasteiger charge is 2.20. The quantitative estimate of drug-likeness (QED) is 0.795. The molecule has 0 radical (unpaired) electrons. The van der Waals surface area contributed by atoms with E-state index in [1.165, 1.54) is 19.2 Å². The topological polar surface area (TPSA) is 83.5 Å². The van der Waals surface area contributed by atoms with Crippen LogP contribution in [0.1, 0.15) is 15.9 Å². The molecule has 15 heavy (non-hydrogen) atoms. The van der Waals surface area contributed by atoms with Crippen molar-refractivity contribution in [1.29, 1.82) is 0 Å². The van der Waals surface area contributed by atoms with Crippen LogP contribution in [0.3, 0.4) is 0 Å². The summed E-state index contributed by atoms with van der Waals surface area (Å²) in [4.78, 5) is 10.6. The number of carbonyl (C=O) groups is 1. The largest absolute Gasteiger partial charge is 0.478 e. The Morgan fingerprint density at radius 1 is 1.40 bits per heavy atom. The zero-order chi connectivity index (χ0) is 11.6. The molecule has 0 saturated carbocycles. The van der Waals surface area contributed by atoms with Gasteiger partial charge in [0.05, 0.1) is 10.5 Å². The molecule has 0 bridgehead atoms. The van der Waals surface area contributed by atoms with Crippen molar-refractivity contribution in [1.82, 2.24) is 4.72 Å². The number of aryl methyl sites for hydroxylation is 1. The van der Waals surface area contributed by atoms with Gasteiger partial charge in [-0.25, -0.2) is 17.9 Å². The molecule has 0 fully saturated rings. The van der Waals surface area contributed by atoms with E-state index in [0.717, 1.165) is 0 Å². The third-order valence-electron chi connectivity index (χ3n) is 1.92. The number of rotatable bonds is 3. The van der Waals surface area contributed by atoms with Crippen LogP contribution < -0.4 is 4.72 Å². The van der Waals surface area contributed by atoms with Gasteiger partial charge in [-0.05, 0) is 26.1 Å². The van der Waals surface area contributed by atoms with Crippen LogP contribution in [0.2, 0.25) is 0 Å². The second-order valence-corrected chi connectivity index (χ2v) is 4.87. The molecule has 1 aromatic carbocycles. The van der Waals surface area contributed by atoms with Gasteiger partial charge in [-0.3, -0.25) is 0 Å². The van der Waals surface area contributed by atoms with Gasteiger partial charge in [-0.15, -0.1) is 0 Å². The minimum Gasteiger partial charge on any atom is -0.478 e. The summed E-state index contributed by atoms with van der Waals surface area (Å²) >= 11 is 0. The molecule has 5 nitrogen and oxygen atoms in total. The summed E-state index contributed by atoms with van der Waals surface area (Å²) in [7, 11) is -2.48. The van der Waals surface area contributed by atoms with Gasteiger partial charge in [-0.2, -0.15) is 0 Å². The fourth-order valence-corrected chi connectivity index (χ4v) is 2.06. The van der Waals surface area contributed by atoms with E-state index in [0.29, 0.717) is 5.56 Å². The lowest BCUT2D eigenvalue weighted by molar-refractivity contribution is 0.0692. The van der Waals surface area contributed by atoms with Crippen molar-refractivity contribution in [3.63, 3.8) is 0 Å². The van der Waals surface area contributed by atoms with Crippen LogP contribution in [0.5, 0.6) is 0 Å². The minimum atomic E-state index is -3.72. The molecule has 1 aromatic rings. The molecule has 0 aliphatic carbocycles. The molecule has 0 aliphatic heterocycles. The van der Waals surface area contributed by atoms with E-state index < -0.39 is 16.0 Å². The van der Waals surface area contributed by atoms with Crippen LogP contribution >= 0.6 is 0 Å².